The van der Waals surface area contributed by atoms with E-state index < -0.39 is 23.1 Å². The van der Waals surface area contributed by atoms with Crippen LogP contribution in [-0.2, 0) is 0 Å². The third kappa shape index (κ3) is 3.07. The summed E-state index contributed by atoms with van der Waals surface area (Å²) >= 11 is 0. The first-order valence-corrected chi connectivity index (χ1v) is 6.79. The molecule has 110 valence electrons. The zero-order valence-electron chi connectivity index (χ0n) is 11.5. The molecule has 1 atom stereocenters. The molecule has 4 nitrogen and oxygen atoms in total. The van der Waals surface area contributed by atoms with Crippen molar-refractivity contribution in [3.05, 3.63) is 29.3 Å². The number of carbonyl (C=O) groups is 1. The van der Waals surface area contributed by atoms with E-state index >= 15 is 0 Å². The molecule has 1 amide bonds. The van der Waals surface area contributed by atoms with E-state index in [9.17, 15) is 13.6 Å². The molecule has 0 spiro atoms. The number of piperidine rings is 1. The van der Waals surface area contributed by atoms with Crippen LogP contribution in [0.4, 0.5) is 14.5 Å². The van der Waals surface area contributed by atoms with Crippen molar-refractivity contribution in [1.82, 2.24) is 10.2 Å². The number of anilines is 1. The fourth-order valence-corrected chi connectivity index (χ4v) is 2.49. The minimum absolute atomic E-state index is 0.0866. The van der Waals surface area contributed by atoms with Gasteiger partial charge in [-0.05, 0) is 38.1 Å². The van der Waals surface area contributed by atoms with Crippen molar-refractivity contribution >= 4 is 11.6 Å². The number of nitrogens with one attached hydrogen (secondary N) is 1. The van der Waals surface area contributed by atoms with E-state index in [1.807, 2.05) is 6.92 Å². The van der Waals surface area contributed by atoms with Crippen LogP contribution < -0.4 is 11.1 Å². The van der Waals surface area contributed by atoms with Gasteiger partial charge >= 0.3 is 0 Å². The van der Waals surface area contributed by atoms with E-state index in [1.54, 1.807) is 0 Å². The van der Waals surface area contributed by atoms with Gasteiger partial charge in [0.25, 0.3) is 5.91 Å². The third-order valence-electron chi connectivity index (χ3n) is 3.64. The molecule has 1 unspecified atom stereocenters. The zero-order chi connectivity index (χ0) is 14.7. The molecular formula is C14H19F2N3O. The van der Waals surface area contributed by atoms with Gasteiger partial charge in [-0.1, -0.05) is 6.92 Å². The van der Waals surface area contributed by atoms with Crippen LogP contribution in [0.1, 0.15) is 30.1 Å². The highest BCUT2D eigenvalue weighted by Crippen LogP contribution is 2.19. The number of hydrogen-bond acceptors (Lipinski definition) is 3. The van der Waals surface area contributed by atoms with Gasteiger partial charge in [-0.3, -0.25) is 4.79 Å². The highest BCUT2D eigenvalue weighted by atomic mass is 19.1. The van der Waals surface area contributed by atoms with Crippen LogP contribution >= 0.6 is 0 Å². The SMILES string of the molecule is CCN1CCCC(NC(=O)c2c(F)ccc(N)c2F)C1. The molecule has 1 aromatic carbocycles. The molecule has 6 heteroatoms. The van der Waals surface area contributed by atoms with Crippen molar-refractivity contribution < 1.29 is 13.6 Å². The van der Waals surface area contributed by atoms with Crippen molar-refractivity contribution in [3.8, 4) is 0 Å². The maximum absolute atomic E-state index is 13.8. The Morgan fingerprint density at radius 1 is 1.50 bits per heavy atom. The lowest BCUT2D eigenvalue weighted by molar-refractivity contribution is 0.0897. The molecule has 2 rings (SSSR count). The number of carbonyl (C=O) groups excluding carboxylic acids is 1. The van der Waals surface area contributed by atoms with Gasteiger partial charge in [-0.15, -0.1) is 0 Å². The Bertz CT molecular complexity index is 507. The quantitative estimate of drug-likeness (QED) is 0.831. The van der Waals surface area contributed by atoms with Crippen LogP contribution in [0.25, 0.3) is 0 Å². The minimum atomic E-state index is -0.995. The van der Waals surface area contributed by atoms with Gasteiger partial charge in [0.05, 0.1) is 5.69 Å². The van der Waals surface area contributed by atoms with Gasteiger partial charge in [-0.25, -0.2) is 8.78 Å². The molecular weight excluding hydrogens is 264 g/mol. The maximum Gasteiger partial charge on any atom is 0.257 e. The number of nitrogen functional groups attached to an aromatic ring is 1. The number of nitrogens with two attached hydrogens (primary N) is 1. The Labute approximate surface area is 116 Å². The number of benzene rings is 1. The van der Waals surface area contributed by atoms with E-state index in [4.69, 9.17) is 5.73 Å². The first kappa shape index (κ1) is 14.7. The van der Waals surface area contributed by atoms with E-state index in [2.05, 4.69) is 10.2 Å². The van der Waals surface area contributed by atoms with E-state index in [0.717, 1.165) is 38.1 Å². The topological polar surface area (TPSA) is 58.4 Å². The minimum Gasteiger partial charge on any atom is -0.396 e. The average molecular weight is 283 g/mol. The van der Waals surface area contributed by atoms with Gasteiger partial charge in [0, 0.05) is 12.6 Å². The molecule has 1 aliphatic rings. The number of rotatable bonds is 3. The van der Waals surface area contributed by atoms with E-state index in [-0.39, 0.29) is 11.7 Å². The van der Waals surface area contributed by atoms with Crippen LogP contribution in [-0.4, -0.2) is 36.5 Å². The van der Waals surface area contributed by atoms with Crippen LogP contribution in [0.2, 0.25) is 0 Å². The molecule has 0 aromatic heterocycles. The summed E-state index contributed by atoms with van der Waals surface area (Å²) in [6, 6.07) is 2.03. The molecule has 1 aromatic rings. The largest absolute Gasteiger partial charge is 0.396 e. The lowest BCUT2D eigenvalue weighted by atomic mass is 10.0. The highest BCUT2D eigenvalue weighted by Gasteiger charge is 2.24. The first-order chi connectivity index (χ1) is 9.52. The standard InChI is InChI=1S/C14H19F2N3O/c1-2-19-7-3-4-9(8-19)18-14(20)12-10(15)5-6-11(17)13(12)16/h5-6,9H,2-4,7-8,17H2,1H3,(H,18,20). The first-order valence-electron chi connectivity index (χ1n) is 6.79. The molecule has 20 heavy (non-hydrogen) atoms. The Kier molecular flexibility index (Phi) is 4.54. The Hall–Kier alpha value is -1.69. The number of halogens is 2. The number of hydrogen-bond donors (Lipinski definition) is 2. The summed E-state index contributed by atoms with van der Waals surface area (Å²) in [5, 5.41) is 2.69. The van der Waals surface area contributed by atoms with Crippen molar-refractivity contribution in [1.29, 1.82) is 0 Å². The monoisotopic (exact) mass is 283 g/mol. The second-order valence-electron chi connectivity index (χ2n) is 5.03. The van der Waals surface area contributed by atoms with Crippen LogP contribution in [0.5, 0.6) is 0 Å². The molecule has 0 bridgehead atoms. The molecule has 0 aliphatic carbocycles. The Morgan fingerprint density at radius 3 is 2.95 bits per heavy atom. The van der Waals surface area contributed by atoms with Gasteiger partial charge in [0.1, 0.15) is 11.4 Å². The van der Waals surface area contributed by atoms with Gasteiger partial charge < -0.3 is 16.0 Å². The normalized spacial score (nSPS) is 19.9. The molecule has 1 saturated heterocycles. The van der Waals surface area contributed by atoms with Gasteiger partial charge in [0.15, 0.2) is 5.82 Å². The van der Waals surface area contributed by atoms with Crippen molar-refractivity contribution in [2.45, 2.75) is 25.8 Å². The van der Waals surface area contributed by atoms with Crippen LogP contribution in [0.3, 0.4) is 0 Å². The lowest BCUT2D eigenvalue weighted by Gasteiger charge is -2.32. The number of likely N-dealkylation sites (tertiary alicyclic amines) is 1. The van der Waals surface area contributed by atoms with Crippen LogP contribution in [0.15, 0.2) is 12.1 Å². The van der Waals surface area contributed by atoms with Crippen LogP contribution in [0, 0.1) is 11.6 Å². The fraction of sp³-hybridized carbons (Fsp3) is 0.500. The lowest BCUT2D eigenvalue weighted by Crippen LogP contribution is -2.47. The Balaban J connectivity index is 2.11. The summed E-state index contributed by atoms with van der Waals surface area (Å²) in [5.74, 6) is -2.63. The van der Waals surface area contributed by atoms with E-state index in [0.29, 0.717) is 6.54 Å². The summed E-state index contributed by atoms with van der Waals surface area (Å²) in [6.45, 7) is 4.63. The zero-order valence-corrected chi connectivity index (χ0v) is 11.5. The maximum atomic E-state index is 13.8. The average Bonchev–Trinajstić information content (AvgIpc) is 2.43. The van der Waals surface area contributed by atoms with Gasteiger partial charge in [-0.2, -0.15) is 0 Å². The second kappa shape index (κ2) is 6.17. The molecule has 0 radical (unpaired) electrons. The summed E-state index contributed by atoms with van der Waals surface area (Å²) in [6.07, 6.45) is 1.77. The predicted octanol–water partition coefficient (Wildman–Crippen LogP) is 1.76. The highest BCUT2D eigenvalue weighted by molar-refractivity contribution is 5.95. The van der Waals surface area contributed by atoms with E-state index in [1.165, 1.54) is 0 Å². The van der Waals surface area contributed by atoms with Crippen molar-refractivity contribution in [2.24, 2.45) is 0 Å². The molecule has 1 fully saturated rings. The fourth-order valence-electron chi connectivity index (χ4n) is 2.49. The number of amides is 1. The van der Waals surface area contributed by atoms with Gasteiger partial charge in [0.2, 0.25) is 0 Å². The summed E-state index contributed by atoms with van der Waals surface area (Å²) in [4.78, 5) is 14.2. The second-order valence-corrected chi connectivity index (χ2v) is 5.03. The summed E-state index contributed by atoms with van der Waals surface area (Å²) in [7, 11) is 0. The summed E-state index contributed by atoms with van der Waals surface area (Å²) < 4.78 is 27.4. The predicted molar refractivity (Wildman–Crippen MR) is 73.4 cm³/mol. The number of likely N-dealkylation sites (N-methyl/N-ethyl adjacent to an activating group) is 1. The summed E-state index contributed by atoms with van der Waals surface area (Å²) in [5.41, 5.74) is 4.55. The smallest absolute Gasteiger partial charge is 0.257 e. The number of nitrogens with zero attached hydrogens (tertiary/aromatic N) is 1. The van der Waals surface area contributed by atoms with Crippen molar-refractivity contribution in [3.63, 3.8) is 0 Å². The Morgan fingerprint density at radius 2 is 2.25 bits per heavy atom. The third-order valence-corrected chi connectivity index (χ3v) is 3.64. The molecule has 1 heterocycles. The molecule has 0 saturated carbocycles. The molecule has 3 N–H and O–H groups in total. The van der Waals surface area contributed by atoms with Crippen molar-refractivity contribution in [2.75, 3.05) is 25.4 Å². The molecule has 1 aliphatic heterocycles.